The molecule has 0 aromatic carbocycles. The molecule has 2 aromatic heterocycles. The van der Waals surface area contributed by atoms with Crippen LogP contribution in [0.3, 0.4) is 0 Å². The number of aromatic amines is 1. The first kappa shape index (κ1) is 11.1. The monoisotopic (exact) mass is 234 g/mol. The molecule has 0 atom stereocenters. The molecule has 0 saturated carbocycles. The lowest BCUT2D eigenvalue weighted by Gasteiger charge is -2.06. The molecule has 1 N–H and O–H groups in total. The Balaban J connectivity index is 2.60. The number of rotatable bonds is 3. The minimum atomic E-state index is -0.285. The maximum absolute atomic E-state index is 11.6. The Morgan fingerprint density at radius 2 is 2.00 bits per heavy atom. The van der Waals surface area contributed by atoms with Crippen molar-refractivity contribution < 1.29 is 9.47 Å². The quantitative estimate of drug-likeness (QED) is 0.818. The van der Waals surface area contributed by atoms with E-state index in [-0.39, 0.29) is 17.4 Å². The van der Waals surface area contributed by atoms with E-state index in [1.54, 1.807) is 0 Å². The Morgan fingerprint density at radius 3 is 2.65 bits per heavy atom. The van der Waals surface area contributed by atoms with Crippen molar-refractivity contribution in [3.05, 3.63) is 29.1 Å². The second-order valence-corrected chi connectivity index (χ2v) is 3.07. The number of ether oxygens (including phenoxy) is 2. The first-order chi connectivity index (χ1) is 8.26. The summed E-state index contributed by atoms with van der Waals surface area (Å²) in [4.78, 5) is 25.8. The van der Waals surface area contributed by atoms with Crippen LogP contribution in [0.1, 0.15) is 0 Å². The lowest BCUT2D eigenvalue weighted by atomic mass is 10.2. The van der Waals surface area contributed by atoms with E-state index in [4.69, 9.17) is 9.47 Å². The number of aromatic nitrogens is 4. The van der Waals surface area contributed by atoms with Crippen LogP contribution in [0.2, 0.25) is 0 Å². The van der Waals surface area contributed by atoms with Gasteiger partial charge in [-0.05, 0) is 0 Å². The fourth-order valence-corrected chi connectivity index (χ4v) is 1.33. The molecule has 0 radical (unpaired) electrons. The zero-order chi connectivity index (χ0) is 12.3. The van der Waals surface area contributed by atoms with Gasteiger partial charge < -0.3 is 14.5 Å². The van der Waals surface area contributed by atoms with Crippen molar-refractivity contribution >= 4 is 0 Å². The number of methoxy groups -OCH3 is 2. The van der Waals surface area contributed by atoms with E-state index in [1.165, 1.54) is 32.9 Å². The van der Waals surface area contributed by atoms with Crippen LogP contribution in [0.25, 0.3) is 11.1 Å². The van der Waals surface area contributed by atoms with E-state index in [9.17, 15) is 4.79 Å². The Bertz CT molecular complexity index is 582. The lowest BCUT2D eigenvalue weighted by molar-refractivity contribution is 0.353. The van der Waals surface area contributed by atoms with Crippen molar-refractivity contribution in [2.45, 2.75) is 0 Å². The molecule has 0 aliphatic heterocycles. The summed E-state index contributed by atoms with van der Waals surface area (Å²) in [5.41, 5.74) is 0.515. The average molecular weight is 234 g/mol. The largest absolute Gasteiger partial charge is 0.480 e. The third-order valence-electron chi connectivity index (χ3n) is 2.12. The van der Waals surface area contributed by atoms with Crippen LogP contribution in [0, 0.1) is 0 Å². The maximum atomic E-state index is 11.6. The Morgan fingerprint density at radius 1 is 1.18 bits per heavy atom. The molecule has 0 unspecified atom stereocenters. The number of nitrogens with zero attached hydrogens (tertiary/aromatic N) is 3. The summed E-state index contributed by atoms with van der Waals surface area (Å²) in [7, 11) is 2.90. The molecular weight excluding hydrogens is 224 g/mol. The molecule has 2 heterocycles. The highest BCUT2D eigenvalue weighted by Crippen LogP contribution is 2.25. The number of hydrogen-bond donors (Lipinski definition) is 1. The van der Waals surface area contributed by atoms with Crippen LogP contribution in [0.5, 0.6) is 11.9 Å². The van der Waals surface area contributed by atoms with Crippen LogP contribution in [0.4, 0.5) is 0 Å². The van der Waals surface area contributed by atoms with Crippen molar-refractivity contribution in [3.8, 4) is 23.0 Å². The van der Waals surface area contributed by atoms with Crippen LogP contribution in [-0.4, -0.2) is 34.2 Å². The van der Waals surface area contributed by atoms with E-state index < -0.39 is 0 Å². The topological polar surface area (TPSA) is 90.0 Å². The highest BCUT2D eigenvalue weighted by Gasteiger charge is 2.13. The zero-order valence-electron chi connectivity index (χ0n) is 9.30. The summed E-state index contributed by atoms with van der Waals surface area (Å²) in [6, 6.07) is 0.172. The third kappa shape index (κ3) is 2.07. The SMILES string of the molecule is COc1ncc(-c2cnc[nH]c2=O)c(OC)n1. The fraction of sp³-hybridized carbons (Fsp3) is 0.200. The Hall–Kier alpha value is -2.44. The summed E-state index contributed by atoms with van der Waals surface area (Å²) in [5, 5.41) is 0. The first-order valence-corrected chi connectivity index (χ1v) is 4.74. The van der Waals surface area contributed by atoms with Gasteiger partial charge in [0.1, 0.15) is 0 Å². The smallest absolute Gasteiger partial charge is 0.319 e. The number of H-pyrrole nitrogens is 1. The van der Waals surface area contributed by atoms with Gasteiger partial charge in [0.25, 0.3) is 5.56 Å². The molecular formula is C10H10N4O3. The van der Waals surface area contributed by atoms with Gasteiger partial charge in [0, 0.05) is 12.4 Å². The Kier molecular flexibility index (Phi) is 2.99. The second-order valence-electron chi connectivity index (χ2n) is 3.07. The van der Waals surface area contributed by atoms with Gasteiger partial charge >= 0.3 is 6.01 Å². The van der Waals surface area contributed by atoms with Crippen LogP contribution < -0.4 is 15.0 Å². The molecule has 0 amide bonds. The summed E-state index contributed by atoms with van der Waals surface area (Å²) in [6.45, 7) is 0. The predicted molar refractivity (Wildman–Crippen MR) is 59.0 cm³/mol. The van der Waals surface area contributed by atoms with E-state index in [0.29, 0.717) is 11.1 Å². The molecule has 7 heteroatoms. The zero-order valence-corrected chi connectivity index (χ0v) is 9.30. The van der Waals surface area contributed by atoms with Gasteiger partial charge in [-0.3, -0.25) is 4.79 Å². The van der Waals surface area contributed by atoms with Gasteiger partial charge in [-0.25, -0.2) is 9.97 Å². The molecule has 7 nitrogen and oxygen atoms in total. The van der Waals surface area contributed by atoms with Gasteiger partial charge in [0.05, 0.1) is 31.7 Å². The molecule has 0 aliphatic carbocycles. The van der Waals surface area contributed by atoms with Gasteiger partial charge in [-0.15, -0.1) is 0 Å². The molecule has 0 aliphatic rings. The second kappa shape index (κ2) is 4.60. The highest BCUT2D eigenvalue weighted by molar-refractivity contribution is 5.65. The summed E-state index contributed by atoms with van der Waals surface area (Å²) >= 11 is 0. The Labute approximate surface area is 96.5 Å². The van der Waals surface area contributed by atoms with Gasteiger partial charge in [0.2, 0.25) is 5.88 Å². The summed E-state index contributed by atoms with van der Waals surface area (Å²) in [6.07, 6.45) is 4.19. The summed E-state index contributed by atoms with van der Waals surface area (Å²) < 4.78 is 9.96. The number of hydrogen-bond acceptors (Lipinski definition) is 6. The highest BCUT2D eigenvalue weighted by atomic mass is 16.5. The molecule has 0 bridgehead atoms. The average Bonchev–Trinajstić information content (AvgIpc) is 2.38. The van der Waals surface area contributed by atoms with Crippen LogP contribution >= 0.6 is 0 Å². The van der Waals surface area contributed by atoms with Gasteiger partial charge in [-0.1, -0.05) is 0 Å². The molecule has 0 fully saturated rings. The van der Waals surface area contributed by atoms with Crippen LogP contribution in [-0.2, 0) is 0 Å². The molecule has 2 aromatic rings. The standard InChI is InChI=1S/C10H10N4O3/c1-16-9-7(4-12-10(14-9)17-2)6-3-11-5-13-8(6)15/h3-5H,1-2H3,(H,11,13,15). The molecule has 0 saturated heterocycles. The summed E-state index contributed by atoms with van der Waals surface area (Å²) in [5.74, 6) is 0.260. The van der Waals surface area contributed by atoms with E-state index in [2.05, 4.69) is 19.9 Å². The normalized spacial score (nSPS) is 10.0. The predicted octanol–water partition coefficient (Wildman–Crippen LogP) is 0.244. The molecule has 17 heavy (non-hydrogen) atoms. The van der Waals surface area contributed by atoms with Gasteiger partial charge in [-0.2, -0.15) is 4.98 Å². The van der Waals surface area contributed by atoms with Crippen LogP contribution in [0.15, 0.2) is 23.5 Å². The van der Waals surface area contributed by atoms with Crippen molar-refractivity contribution in [1.82, 2.24) is 19.9 Å². The fourth-order valence-electron chi connectivity index (χ4n) is 1.33. The van der Waals surface area contributed by atoms with E-state index in [1.807, 2.05) is 0 Å². The van der Waals surface area contributed by atoms with Crippen molar-refractivity contribution in [3.63, 3.8) is 0 Å². The third-order valence-corrected chi connectivity index (χ3v) is 2.12. The minimum absolute atomic E-state index is 0.172. The molecule has 88 valence electrons. The van der Waals surface area contributed by atoms with E-state index >= 15 is 0 Å². The number of nitrogens with one attached hydrogen (secondary N) is 1. The van der Waals surface area contributed by atoms with E-state index in [0.717, 1.165) is 0 Å². The molecule has 0 spiro atoms. The van der Waals surface area contributed by atoms with Crippen molar-refractivity contribution in [2.24, 2.45) is 0 Å². The lowest BCUT2D eigenvalue weighted by Crippen LogP contribution is -2.10. The first-order valence-electron chi connectivity index (χ1n) is 4.74. The minimum Gasteiger partial charge on any atom is -0.480 e. The van der Waals surface area contributed by atoms with Crippen molar-refractivity contribution in [2.75, 3.05) is 14.2 Å². The van der Waals surface area contributed by atoms with Gasteiger partial charge in [0.15, 0.2) is 0 Å². The maximum Gasteiger partial charge on any atom is 0.319 e. The van der Waals surface area contributed by atoms with Crippen molar-refractivity contribution in [1.29, 1.82) is 0 Å². The molecule has 2 rings (SSSR count).